The lowest BCUT2D eigenvalue weighted by atomic mass is 10.1. The molecule has 0 aliphatic heterocycles. The Bertz CT molecular complexity index is 509. The minimum Gasteiger partial charge on any atom is -0.493 e. The molecule has 0 saturated carbocycles. The molecule has 104 valence electrons. The number of nitrogens with zero attached hydrogens (tertiary/aromatic N) is 2. The predicted molar refractivity (Wildman–Crippen MR) is 72.7 cm³/mol. The van der Waals surface area contributed by atoms with Gasteiger partial charge in [-0.25, -0.2) is 0 Å². The summed E-state index contributed by atoms with van der Waals surface area (Å²) in [6, 6.07) is 5.71. The third kappa shape index (κ3) is 3.98. The van der Waals surface area contributed by atoms with Crippen LogP contribution in [0.15, 0.2) is 22.7 Å². The van der Waals surface area contributed by atoms with Crippen LogP contribution in [0.25, 0.3) is 0 Å². The van der Waals surface area contributed by atoms with E-state index >= 15 is 0 Å². The summed E-state index contributed by atoms with van der Waals surface area (Å²) in [4.78, 5) is 4.15. The number of aromatic nitrogens is 2. The van der Waals surface area contributed by atoms with Crippen molar-refractivity contribution in [3.63, 3.8) is 0 Å². The van der Waals surface area contributed by atoms with E-state index in [4.69, 9.17) is 14.0 Å². The van der Waals surface area contributed by atoms with E-state index in [0.29, 0.717) is 29.6 Å². The Morgan fingerprint density at radius 3 is 2.32 bits per heavy atom. The van der Waals surface area contributed by atoms with E-state index in [2.05, 4.69) is 10.1 Å². The van der Waals surface area contributed by atoms with E-state index in [0.717, 1.165) is 5.56 Å². The van der Waals surface area contributed by atoms with Gasteiger partial charge in [0.25, 0.3) is 0 Å². The Morgan fingerprint density at radius 1 is 1.11 bits per heavy atom. The molecule has 1 aromatic carbocycles. The zero-order valence-corrected chi connectivity index (χ0v) is 12.1. The van der Waals surface area contributed by atoms with Gasteiger partial charge in [-0.05, 0) is 24.6 Å². The molecule has 0 aliphatic rings. The second-order valence-corrected chi connectivity index (χ2v) is 3.60. The highest BCUT2D eigenvalue weighted by molar-refractivity contribution is 5.43. The highest BCUT2D eigenvalue weighted by atomic mass is 16.5. The first-order valence-corrected chi connectivity index (χ1v) is 6.23. The lowest BCUT2D eigenvalue weighted by Gasteiger charge is -2.08. The highest BCUT2D eigenvalue weighted by Gasteiger charge is 2.08. The minimum absolute atomic E-state index is 0.585. The maximum atomic E-state index is 5.23. The molecule has 0 saturated heterocycles. The number of benzene rings is 1. The van der Waals surface area contributed by atoms with Crippen LogP contribution in [0.3, 0.4) is 0 Å². The average molecular weight is 264 g/mol. The second-order valence-electron chi connectivity index (χ2n) is 3.60. The molecule has 0 spiro atoms. The van der Waals surface area contributed by atoms with Gasteiger partial charge in [0.05, 0.1) is 20.6 Å². The fraction of sp³-hybridized carbons (Fsp3) is 0.429. The van der Waals surface area contributed by atoms with Crippen molar-refractivity contribution in [2.45, 2.75) is 27.2 Å². The molecule has 5 heteroatoms. The van der Waals surface area contributed by atoms with Crippen LogP contribution in [-0.4, -0.2) is 24.4 Å². The predicted octanol–water partition coefficient (Wildman–Crippen LogP) is 3.01. The van der Waals surface area contributed by atoms with Crippen LogP contribution >= 0.6 is 0 Å². The van der Waals surface area contributed by atoms with Gasteiger partial charge < -0.3 is 14.0 Å². The standard InChI is InChI=1S/C12H14N2O3.C2H6/c1-8-13-12(17-14-8)7-9-4-5-10(15-2)11(6-9)16-3;1-2/h4-6H,7H2,1-3H3;1-2H3. The van der Waals surface area contributed by atoms with Crippen LogP contribution in [-0.2, 0) is 6.42 Å². The van der Waals surface area contributed by atoms with Gasteiger partial charge in [-0.15, -0.1) is 0 Å². The summed E-state index contributed by atoms with van der Waals surface area (Å²) in [5.74, 6) is 2.63. The van der Waals surface area contributed by atoms with Gasteiger partial charge in [0.1, 0.15) is 0 Å². The fourth-order valence-electron chi connectivity index (χ4n) is 1.58. The van der Waals surface area contributed by atoms with Gasteiger partial charge in [-0.2, -0.15) is 4.98 Å². The molecule has 0 N–H and O–H groups in total. The maximum Gasteiger partial charge on any atom is 0.231 e. The number of aryl methyl sites for hydroxylation is 1. The third-order valence-electron chi connectivity index (χ3n) is 2.37. The van der Waals surface area contributed by atoms with Crippen LogP contribution in [0.5, 0.6) is 11.5 Å². The van der Waals surface area contributed by atoms with Crippen LogP contribution in [0.1, 0.15) is 31.1 Å². The zero-order valence-electron chi connectivity index (χ0n) is 12.1. The molecule has 0 fully saturated rings. The molecule has 19 heavy (non-hydrogen) atoms. The van der Waals surface area contributed by atoms with Crippen molar-refractivity contribution in [3.05, 3.63) is 35.5 Å². The monoisotopic (exact) mass is 264 g/mol. The Hall–Kier alpha value is -2.04. The van der Waals surface area contributed by atoms with Crippen molar-refractivity contribution in [3.8, 4) is 11.5 Å². The summed E-state index contributed by atoms with van der Waals surface area (Å²) >= 11 is 0. The van der Waals surface area contributed by atoms with Gasteiger partial charge in [0.15, 0.2) is 17.3 Å². The normalized spacial score (nSPS) is 9.53. The third-order valence-corrected chi connectivity index (χ3v) is 2.37. The molecular formula is C14H20N2O3. The Kier molecular flexibility index (Phi) is 5.85. The Balaban J connectivity index is 0.000000861. The molecule has 1 heterocycles. The van der Waals surface area contributed by atoms with Crippen molar-refractivity contribution in [2.24, 2.45) is 0 Å². The smallest absolute Gasteiger partial charge is 0.231 e. The molecule has 0 radical (unpaired) electrons. The summed E-state index contributed by atoms with van der Waals surface area (Å²) in [6.45, 7) is 5.79. The van der Waals surface area contributed by atoms with Crippen molar-refractivity contribution in [1.29, 1.82) is 0 Å². The molecular weight excluding hydrogens is 244 g/mol. The average Bonchev–Trinajstić information content (AvgIpc) is 2.86. The zero-order chi connectivity index (χ0) is 14.3. The van der Waals surface area contributed by atoms with Crippen LogP contribution < -0.4 is 9.47 Å². The Labute approximate surface area is 113 Å². The van der Waals surface area contributed by atoms with Gasteiger partial charge in [0.2, 0.25) is 5.89 Å². The summed E-state index contributed by atoms with van der Waals surface area (Å²) in [5, 5.41) is 3.75. The first kappa shape index (κ1) is 15.0. The SMILES string of the molecule is CC.COc1ccc(Cc2nc(C)no2)cc1OC. The van der Waals surface area contributed by atoms with E-state index in [1.54, 1.807) is 21.1 Å². The van der Waals surface area contributed by atoms with Gasteiger partial charge in [-0.3, -0.25) is 0 Å². The molecule has 0 atom stereocenters. The first-order valence-electron chi connectivity index (χ1n) is 6.23. The van der Waals surface area contributed by atoms with Crippen molar-refractivity contribution in [1.82, 2.24) is 10.1 Å². The molecule has 1 aromatic heterocycles. The molecule has 0 amide bonds. The first-order chi connectivity index (χ1) is 9.22. The number of hydrogen-bond donors (Lipinski definition) is 0. The van der Waals surface area contributed by atoms with Gasteiger partial charge in [0, 0.05) is 0 Å². The lowest BCUT2D eigenvalue weighted by Crippen LogP contribution is -1.94. The van der Waals surface area contributed by atoms with Crippen LogP contribution in [0.4, 0.5) is 0 Å². The molecule has 2 rings (SSSR count). The minimum atomic E-state index is 0.585. The van der Waals surface area contributed by atoms with Crippen molar-refractivity contribution >= 4 is 0 Å². The summed E-state index contributed by atoms with van der Waals surface area (Å²) in [6.07, 6.45) is 0.585. The second kappa shape index (κ2) is 7.41. The lowest BCUT2D eigenvalue weighted by molar-refractivity contribution is 0.354. The Morgan fingerprint density at radius 2 is 1.79 bits per heavy atom. The number of ether oxygens (including phenoxy) is 2. The van der Waals surface area contributed by atoms with Gasteiger partial charge in [-0.1, -0.05) is 25.1 Å². The van der Waals surface area contributed by atoms with Gasteiger partial charge >= 0.3 is 0 Å². The van der Waals surface area contributed by atoms with E-state index in [9.17, 15) is 0 Å². The number of methoxy groups -OCH3 is 2. The summed E-state index contributed by atoms with van der Waals surface area (Å²) < 4.78 is 15.5. The number of hydrogen-bond acceptors (Lipinski definition) is 5. The molecule has 0 bridgehead atoms. The largest absolute Gasteiger partial charge is 0.493 e. The quantitative estimate of drug-likeness (QED) is 0.849. The maximum absolute atomic E-state index is 5.23. The van der Waals surface area contributed by atoms with Crippen molar-refractivity contribution in [2.75, 3.05) is 14.2 Å². The molecule has 2 aromatic rings. The van der Waals surface area contributed by atoms with E-state index in [1.165, 1.54) is 0 Å². The molecule has 5 nitrogen and oxygen atoms in total. The number of rotatable bonds is 4. The summed E-state index contributed by atoms with van der Waals surface area (Å²) in [5.41, 5.74) is 1.03. The van der Waals surface area contributed by atoms with E-state index in [-0.39, 0.29) is 0 Å². The fourth-order valence-corrected chi connectivity index (χ4v) is 1.58. The molecule has 0 unspecified atom stereocenters. The topological polar surface area (TPSA) is 57.4 Å². The summed E-state index contributed by atoms with van der Waals surface area (Å²) in [7, 11) is 3.22. The van der Waals surface area contributed by atoms with Crippen LogP contribution in [0, 0.1) is 6.92 Å². The van der Waals surface area contributed by atoms with Crippen molar-refractivity contribution < 1.29 is 14.0 Å². The van der Waals surface area contributed by atoms with Crippen LogP contribution in [0.2, 0.25) is 0 Å². The van der Waals surface area contributed by atoms with E-state index < -0.39 is 0 Å². The highest BCUT2D eigenvalue weighted by Crippen LogP contribution is 2.28. The van der Waals surface area contributed by atoms with E-state index in [1.807, 2.05) is 32.0 Å². The molecule has 0 aliphatic carbocycles.